The summed E-state index contributed by atoms with van der Waals surface area (Å²) in [5.41, 5.74) is 4.11. The Kier molecular flexibility index (Phi) is 6.51. The summed E-state index contributed by atoms with van der Waals surface area (Å²) in [5.74, 6) is -0.848. The quantitative estimate of drug-likeness (QED) is 0.606. The number of amides is 1. The van der Waals surface area contributed by atoms with Crippen molar-refractivity contribution in [3.05, 3.63) is 77.1 Å². The van der Waals surface area contributed by atoms with Crippen molar-refractivity contribution in [1.29, 1.82) is 0 Å². The van der Waals surface area contributed by atoms with Crippen LogP contribution in [0, 0.1) is 13.8 Å². The molecule has 7 heteroatoms. The molecule has 1 aromatic heterocycles. The Morgan fingerprint density at radius 2 is 1.83 bits per heavy atom. The Hall–Kier alpha value is -3.61. The predicted octanol–water partition coefficient (Wildman–Crippen LogP) is 3.53. The molecule has 1 amide bonds. The van der Waals surface area contributed by atoms with E-state index in [1.54, 1.807) is 6.20 Å². The summed E-state index contributed by atoms with van der Waals surface area (Å²) < 4.78 is 11.9. The maximum Gasteiger partial charge on any atom is 0.363 e. The van der Waals surface area contributed by atoms with E-state index in [1.807, 2.05) is 69.3 Å². The summed E-state index contributed by atoms with van der Waals surface area (Å²) in [6.07, 6.45) is 1.59. The molecule has 0 saturated carbocycles. The second-order valence-electron chi connectivity index (χ2n) is 7.04. The van der Waals surface area contributed by atoms with Gasteiger partial charge in [-0.1, -0.05) is 36.4 Å². The lowest BCUT2D eigenvalue weighted by molar-refractivity contribution is -0.124. The molecule has 1 N–H and O–H groups in total. The number of esters is 1. The minimum atomic E-state index is -0.726. The zero-order chi connectivity index (χ0) is 21.7. The van der Waals surface area contributed by atoms with Crippen LogP contribution in [0.1, 0.15) is 40.1 Å². The SMILES string of the molecule is COc1cn(-c2ccccc2)nc1C(=O)OCC(=O)N[C@H](C)c1ccc(C)c(C)c1. The number of hydrogen-bond donors (Lipinski definition) is 1. The molecule has 1 heterocycles. The molecule has 0 bridgehead atoms. The zero-order valence-electron chi connectivity index (χ0n) is 17.5. The minimum absolute atomic E-state index is 0.0105. The van der Waals surface area contributed by atoms with Gasteiger partial charge in [-0.3, -0.25) is 4.79 Å². The first kappa shape index (κ1) is 21.1. The van der Waals surface area contributed by atoms with Crippen molar-refractivity contribution in [1.82, 2.24) is 15.1 Å². The summed E-state index contributed by atoms with van der Waals surface area (Å²) in [6.45, 7) is 5.54. The van der Waals surface area contributed by atoms with E-state index in [-0.39, 0.29) is 17.5 Å². The molecule has 0 aliphatic carbocycles. The molecule has 2 aromatic carbocycles. The lowest BCUT2D eigenvalue weighted by Gasteiger charge is -2.15. The Balaban J connectivity index is 1.61. The highest BCUT2D eigenvalue weighted by molar-refractivity contribution is 5.92. The number of carbonyl (C=O) groups is 2. The number of ether oxygens (including phenoxy) is 2. The lowest BCUT2D eigenvalue weighted by atomic mass is 10.0. The minimum Gasteiger partial charge on any atom is -0.493 e. The van der Waals surface area contributed by atoms with E-state index < -0.39 is 18.5 Å². The van der Waals surface area contributed by atoms with Crippen molar-refractivity contribution < 1.29 is 19.1 Å². The maximum atomic E-state index is 12.5. The number of nitrogens with one attached hydrogen (secondary N) is 1. The molecule has 3 rings (SSSR count). The summed E-state index contributed by atoms with van der Waals surface area (Å²) in [5, 5.41) is 7.08. The van der Waals surface area contributed by atoms with Crippen molar-refractivity contribution in [3.63, 3.8) is 0 Å². The standard InChI is InChI=1S/C23H25N3O4/c1-15-10-11-18(12-16(15)2)17(3)24-21(27)14-30-23(28)22-20(29-4)13-26(25-22)19-8-6-5-7-9-19/h5-13,17H,14H2,1-4H3,(H,24,27)/t17-/m1/s1. The molecule has 0 aliphatic rings. The normalized spacial score (nSPS) is 11.6. The highest BCUT2D eigenvalue weighted by Gasteiger charge is 2.21. The molecule has 0 aliphatic heterocycles. The summed E-state index contributed by atoms with van der Waals surface area (Å²) >= 11 is 0. The predicted molar refractivity (Wildman–Crippen MR) is 113 cm³/mol. The second kappa shape index (κ2) is 9.26. The number of carbonyl (C=O) groups excluding carboxylic acids is 2. The Bertz CT molecular complexity index is 1040. The fraction of sp³-hybridized carbons (Fsp3) is 0.261. The van der Waals surface area contributed by atoms with Crippen molar-refractivity contribution in [2.24, 2.45) is 0 Å². The van der Waals surface area contributed by atoms with Gasteiger partial charge in [-0.15, -0.1) is 0 Å². The van der Waals surface area contributed by atoms with Crippen LogP contribution in [0.15, 0.2) is 54.7 Å². The fourth-order valence-electron chi connectivity index (χ4n) is 2.96. The first-order chi connectivity index (χ1) is 14.4. The largest absolute Gasteiger partial charge is 0.493 e. The number of methoxy groups -OCH3 is 1. The van der Waals surface area contributed by atoms with E-state index in [0.29, 0.717) is 0 Å². The van der Waals surface area contributed by atoms with Crippen LogP contribution in [0.2, 0.25) is 0 Å². The van der Waals surface area contributed by atoms with Gasteiger partial charge in [-0.25, -0.2) is 9.48 Å². The van der Waals surface area contributed by atoms with Crippen LogP contribution < -0.4 is 10.1 Å². The van der Waals surface area contributed by atoms with Gasteiger partial charge < -0.3 is 14.8 Å². The zero-order valence-corrected chi connectivity index (χ0v) is 17.5. The van der Waals surface area contributed by atoms with Crippen molar-refractivity contribution in [2.45, 2.75) is 26.8 Å². The lowest BCUT2D eigenvalue weighted by Crippen LogP contribution is -2.31. The van der Waals surface area contributed by atoms with Gasteiger partial charge in [0.25, 0.3) is 5.91 Å². The first-order valence-electron chi connectivity index (χ1n) is 9.61. The average molecular weight is 407 g/mol. The number of para-hydroxylation sites is 1. The van der Waals surface area contributed by atoms with Crippen LogP contribution in [0.25, 0.3) is 5.69 Å². The number of nitrogens with zero attached hydrogens (tertiary/aromatic N) is 2. The van der Waals surface area contributed by atoms with Crippen LogP contribution in [-0.2, 0) is 9.53 Å². The Labute approximate surface area is 175 Å². The molecule has 0 saturated heterocycles. The molecule has 156 valence electrons. The molecule has 0 fully saturated rings. The summed E-state index contributed by atoms with van der Waals surface area (Å²) in [4.78, 5) is 24.7. The number of rotatable bonds is 7. The van der Waals surface area contributed by atoms with Gasteiger partial charge in [0.1, 0.15) is 0 Å². The number of hydrogen-bond acceptors (Lipinski definition) is 5. The van der Waals surface area contributed by atoms with Gasteiger partial charge in [-0.05, 0) is 49.6 Å². The Morgan fingerprint density at radius 1 is 1.10 bits per heavy atom. The van der Waals surface area contributed by atoms with Crippen molar-refractivity contribution >= 4 is 11.9 Å². The molecule has 3 aromatic rings. The third-order valence-electron chi connectivity index (χ3n) is 4.86. The van der Waals surface area contributed by atoms with Gasteiger partial charge in [0.05, 0.1) is 25.0 Å². The van der Waals surface area contributed by atoms with E-state index >= 15 is 0 Å². The second-order valence-corrected chi connectivity index (χ2v) is 7.04. The molecule has 0 radical (unpaired) electrons. The summed E-state index contributed by atoms with van der Waals surface area (Å²) in [7, 11) is 1.45. The van der Waals surface area contributed by atoms with Gasteiger partial charge in [0.15, 0.2) is 12.4 Å². The van der Waals surface area contributed by atoms with Gasteiger partial charge >= 0.3 is 5.97 Å². The molecular weight excluding hydrogens is 382 g/mol. The molecule has 0 spiro atoms. The van der Waals surface area contributed by atoms with Crippen LogP contribution in [-0.4, -0.2) is 35.4 Å². The molecule has 0 unspecified atom stereocenters. The highest BCUT2D eigenvalue weighted by Crippen LogP contribution is 2.20. The highest BCUT2D eigenvalue weighted by atomic mass is 16.5. The van der Waals surface area contributed by atoms with E-state index in [0.717, 1.165) is 16.8 Å². The number of benzene rings is 2. The maximum absolute atomic E-state index is 12.5. The smallest absolute Gasteiger partial charge is 0.363 e. The van der Waals surface area contributed by atoms with E-state index in [1.165, 1.54) is 17.4 Å². The van der Waals surface area contributed by atoms with E-state index in [2.05, 4.69) is 10.4 Å². The molecule has 1 atom stereocenters. The van der Waals surface area contributed by atoms with Gasteiger partial charge in [0, 0.05) is 0 Å². The van der Waals surface area contributed by atoms with Crippen molar-refractivity contribution in [2.75, 3.05) is 13.7 Å². The molecular formula is C23H25N3O4. The van der Waals surface area contributed by atoms with E-state index in [9.17, 15) is 9.59 Å². The van der Waals surface area contributed by atoms with Crippen molar-refractivity contribution in [3.8, 4) is 11.4 Å². The Morgan fingerprint density at radius 3 is 2.50 bits per heavy atom. The van der Waals surface area contributed by atoms with Gasteiger partial charge in [0.2, 0.25) is 5.69 Å². The topological polar surface area (TPSA) is 82.5 Å². The van der Waals surface area contributed by atoms with Crippen LogP contribution >= 0.6 is 0 Å². The van der Waals surface area contributed by atoms with Gasteiger partial charge in [-0.2, -0.15) is 5.10 Å². The first-order valence-corrected chi connectivity index (χ1v) is 9.61. The van der Waals surface area contributed by atoms with Crippen LogP contribution in [0.5, 0.6) is 5.75 Å². The monoisotopic (exact) mass is 407 g/mol. The third-order valence-corrected chi connectivity index (χ3v) is 4.86. The summed E-state index contributed by atoms with van der Waals surface area (Å²) in [6, 6.07) is 15.1. The number of aromatic nitrogens is 2. The third kappa shape index (κ3) is 4.86. The fourth-order valence-corrected chi connectivity index (χ4v) is 2.96. The van der Waals surface area contributed by atoms with Crippen LogP contribution in [0.4, 0.5) is 0 Å². The van der Waals surface area contributed by atoms with E-state index in [4.69, 9.17) is 9.47 Å². The molecule has 7 nitrogen and oxygen atoms in total. The van der Waals surface area contributed by atoms with Crippen LogP contribution in [0.3, 0.4) is 0 Å². The average Bonchev–Trinajstić information content (AvgIpc) is 3.19. The molecule has 30 heavy (non-hydrogen) atoms. The number of aryl methyl sites for hydroxylation is 2.